The zero-order chi connectivity index (χ0) is 24.2. The van der Waals surface area contributed by atoms with E-state index in [0.717, 1.165) is 5.56 Å². The number of sulfonamides is 1. The van der Waals surface area contributed by atoms with Gasteiger partial charge in [-0.2, -0.15) is 0 Å². The van der Waals surface area contributed by atoms with E-state index in [0.29, 0.717) is 28.6 Å². The lowest BCUT2D eigenvalue weighted by molar-refractivity contribution is 0.102. The minimum atomic E-state index is -3.87. The maximum Gasteiger partial charge on any atom is 0.264 e. The van der Waals surface area contributed by atoms with Crippen LogP contribution in [-0.2, 0) is 10.0 Å². The normalized spacial score (nSPS) is 10.9. The first-order chi connectivity index (χ1) is 15.7. The number of aryl methyl sites for hydroxylation is 1. The molecule has 0 bridgehead atoms. The summed E-state index contributed by atoms with van der Waals surface area (Å²) in [6.07, 6.45) is 0. The Hall–Kier alpha value is -3.72. The molecule has 0 aliphatic rings. The highest BCUT2D eigenvalue weighted by Crippen LogP contribution is 2.40. The fourth-order valence-corrected chi connectivity index (χ4v) is 4.45. The first kappa shape index (κ1) is 23.9. The van der Waals surface area contributed by atoms with Gasteiger partial charge in [0.2, 0.25) is 5.75 Å². The van der Waals surface area contributed by atoms with Crippen molar-refractivity contribution < 1.29 is 27.4 Å². The predicted octanol–water partition coefficient (Wildman–Crippen LogP) is 4.10. The highest BCUT2D eigenvalue weighted by Gasteiger charge is 2.23. The SMILES string of the molecule is COc1cc(NC(=O)c2cccc(S(=O)(=O)N(C)c3ccc(C)cc3)c2)cc(OC)c1OC. The van der Waals surface area contributed by atoms with Crippen molar-refractivity contribution in [3.05, 3.63) is 71.8 Å². The largest absolute Gasteiger partial charge is 0.493 e. The standard InChI is InChI=1S/C24H26N2O6S/c1-16-9-11-19(12-10-16)26(2)33(28,29)20-8-6-7-17(13-20)24(27)25-18-14-21(30-3)23(32-5)22(15-18)31-4/h6-15H,1-5H3,(H,25,27). The van der Waals surface area contributed by atoms with E-state index in [1.807, 2.05) is 19.1 Å². The maximum atomic E-state index is 13.1. The molecular formula is C24H26N2O6S. The molecule has 0 saturated heterocycles. The summed E-state index contributed by atoms with van der Waals surface area (Å²) >= 11 is 0. The highest BCUT2D eigenvalue weighted by molar-refractivity contribution is 7.92. The van der Waals surface area contributed by atoms with Crippen LogP contribution in [0.5, 0.6) is 17.2 Å². The van der Waals surface area contributed by atoms with Crippen molar-refractivity contribution in [1.29, 1.82) is 0 Å². The molecule has 9 heteroatoms. The third-order valence-electron chi connectivity index (χ3n) is 5.07. The monoisotopic (exact) mass is 470 g/mol. The topological polar surface area (TPSA) is 94.2 Å². The smallest absolute Gasteiger partial charge is 0.264 e. The summed E-state index contributed by atoms with van der Waals surface area (Å²) in [5, 5.41) is 2.74. The Morgan fingerprint density at radius 2 is 1.48 bits per heavy atom. The summed E-state index contributed by atoms with van der Waals surface area (Å²) < 4.78 is 43.4. The zero-order valence-corrected chi connectivity index (χ0v) is 19.9. The Balaban J connectivity index is 1.89. The van der Waals surface area contributed by atoms with E-state index in [1.165, 1.54) is 56.9 Å². The Morgan fingerprint density at radius 3 is 2.03 bits per heavy atom. The van der Waals surface area contributed by atoms with Gasteiger partial charge < -0.3 is 19.5 Å². The summed E-state index contributed by atoms with van der Waals surface area (Å²) in [4.78, 5) is 12.9. The van der Waals surface area contributed by atoms with E-state index in [-0.39, 0.29) is 10.5 Å². The third-order valence-corrected chi connectivity index (χ3v) is 6.86. The van der Waals surface area contributed by atoms with Gasteiger partial charge in [-0.3, -0.25) is 9.10 Å². The fourth-order valence-electron chi connectivity index (χ4n) is 3.21. The Labute approximate surface area is 193 Å². The van der Waals surface area contributed by atoms with Gasteiger partial charge in [-0.05, 0) is 37.3 Å². The van der Waals surface area contributed by atoms with Gasteiger partial charge in [0.15, 0.2) is 11.5 Å². The van der Waals surface area contributed by atoms with Gasteiger partial charge in [-0.1, -0.05) is 23.8 Å². The van der Waals surface area contributed by atoms with Gasteiger partial charge in [0.25, 0.3) is 15.9 Å². The number of ether oxygens (including phenoxy) is 3. The molecule has 3 aromatic carbocycles. The molecule has 0 spiro atoms. The van der Waals surface area contributed by atoms with E-state index >= 15 is 0 Å². The molecule has 33 heavy (non-hydrogen) atoms. The van der Waals surface area contributed by atoms with Crippen molar-refractivity contribution in [1.82, 2.24) is 0 Å². The highest BCUT2D eigenvalue weighted by atomic mass is 32.2. The lowest BCUT2D eigenvalue weighted by Crippen LogP contribution is -2.26. The Morgan fingerprint density at radius 1 is 0.879 bits per heavy atom. The number of benzene rings is 3. The van der Waals surface area contributed by atoms with Crippen LogP contribution in [0.1, 0.15) is 15.9 Å². The van der Waals surface area contributed by atoms with Crippen molar-refractivity contribution in [3.63, 3.8) is 0 Å². The minimum Gasteiger partial charge on any atom is -0.493 e. The quantitative estimate of drug-likeness (QED) is 0.533. The van der Waals surface area contributed by atoms with Gasteiger partial charge in [0, 0.05) is 30.4 Å². The molecule has 0 unspecified atom stereocenters. The lowest BCUT2D eigenvalue weighted by Gasteiger charge is -2.20. The number of carbonyl (C=O) groups excluding carboxylic acids is 1. The number of amides is 1. The molecule has 0 aliphatic heterocycles. The molecule has 0 aromatic heterocycles. The number of rotatable bonds is 8. The van der Waals surface area contributed by atoms with Crippen molar-refractivity contribution in [2.45, 2.75) is 11.8 Å². The number of hydrogen-bond acceptors (Lipinski definition) is 6. The van der Waals surface area contributed by atoms with Crippen LogP contribution in [0.25, 0.3) is 0 Å². The molecular weight excluding hydrogens is 444 g/mol. The molecule has 0 atom stereocenters. The van der Waals surface area contributed by atoms with E-state index in [2.05, 4.69) is 5.32 Å². The van der Waals surface area contributed by atoms with E-state index in [9.17, 15) is 13.2 Å². The molecule has 0 heterocycles. The van der Waals surface area contributed by atoms with Gasteiger partial charge >= 0.3 is 0 Å². The number of methoxy groups -OCH3 is 3. The van der Waals surface area contributed by atoms with Crippen molar-refractivity contribution in [2.75, 3.05) is 38.0 Å². The van der Waals surface area contributed by atoms with Crippen LogP contribution in [0.2, 0.25) is 0 Å². The molecule has 8 nitrogen and oxygen atoms in total. The molecule has 0 fully saturated rings. The molecule has 174 valence electrons. The number of carbonyl (C=O) groups is 1. The molecule has 1 amide bonds. The molecule has 0 aliphatic carbocycles. The van der Waals surface area contributed by atoms with Crippen LogP contribution in [0.4, 0.5) is 11.4 Å². The molecule has 0 radical (unpaired) electrons. The second-order valence-corrected chi connectivity index (χ2v) is 9.17. The summed E-state index contributed by atoms with van der Waals surface area (Å²) in [6, 6.07) is 16.2. The summed E-state index contributed by atoms with van der Waals surface area (Å²) in [5.74, 6) is 0.663. The van der Waals surface area contributed by atoms with Crippen LogP contribution in [-0.4, -0.2) is 42.7 Å². The molecule has 1 N–H and O–H groups in total. The number of nitrogens with zero attached hydrogens (tertiary/aromatic N) is 1. The van der Waals surface area contributed by atoms with E-state index < -0.39 is 15.9 Å². The first-order valence-electron chi connectivity index (χ1n) is 9.98. The van der Waals surface area contributed by atoms with Crippen LogP contribution in [0, 0.1) is 6.92 Å². The van der Waals surface area contributed by atoms with Crippen molar-refractivity contribution in [3.8, 4) is 17.2 Å². The van der Waals surface area contributed by atoms with Gasteiger partial charge in [0.1, 0.15) is 0 Å². The average Bonchev–Trinajstić information content (AvgIpc) is 2.83. The van der Waals surface area contributed by atoms with Gasteiger partial charge in [0.05, 0.1) is 31.9 Å². The van der Waals surface area contributed by atoms with Crippen LogP contribution >= 0.6 is 0 Å². The lowest BCUT2D eigenvalue weighted by atomic mass is 10.2. The van der Waals surface area contributed by atoms with E-state index in [1.54, 1.807) is 24.3 Å². The third kappa shape index (κ3) is 5.04. The minimum absolute atomic E-state index is 0.00289. The number of anilines is 2. The maximum absolute atomic E-state index is 13.1. The summed E-state index contributed by atoms with van der Waals surface area (Å²) in [6.45, 7) is 1.92. The second kappa shape index (κ2) is 9.83. The van der Waals surface area contributed by atoms with Crippen LogP contribution in [0.3, 0.4) is 0 Å². The molecule has 3 rings (SSSR count). The van der Waals surface area contributed by atoms with Crippen LogP contribution < -0.4 is 23.8 Å². The summed E-state index contributed by atoms with van der Waals surface area (Å²) in [5.41, 5.74) is 2.13. The van der Waals surface area contributed by atoms with Gasteiger partial charge in [-0.15, -0.1) is 0 Å². The van der Waals surface area contributed by atoms with Gasteiger partial charge in [-0.25, -0.2) is 8.42 Å². The zero-order valence-electron chi connectivity index (χ0n) is 19.1. The average molecular weight is 471 g/mol. The Bertz CT molecular complexity index is 1230. The molecule has 3 aromatic rings. The fraction of sp³-hybridized carbons (Fsp3) is 0.208. The number of nitrogens with one attached hydrogen (secondary N) is 1. The predicted molar refractivity (Wildman–Crippen MR) is 127 cm³/mol. The van der Waals surface area contributed by atoms with E-state index in [4.69, 9.17) is 14.2 Å². The number of hydrogen-bond donors (Lipinski definition) is 1. The van der Waals surface area contributed by atoms with Crippen molar-refractivity contribution in [2.24, 2.45) is 0 Å². The summed E-state index contributed by atoms with van der Waals surface area (Å²) in [7, 11) is 2.04. The second-order valence-electron chi connectivity index (χ2n) is 7.20. The van der Waals surface area contributed by atoms with Crippen molar-refractivity contribution >= 4 is 27.3 Å². The Kier molecular flexibility index (Phi) is 7.13. The van der Waals surface area contributed by atoms with Crippen LogP contribution in [0.15, 0.2) is 65.6 Å². The first-order valence-corrected chi connectivity index (χ1v) is 11.4. The molecule has 0 saturated carbocycles.